The van der Waals surface area contributed by atoms with Gasteiger partial charge in [-0.15, -0.1) is 0 Å². The number of amides is 1. The van der Waals surface area contributed by atoms with Crippen molar-refractivity contribution in [3.05, 3.63) is 65.7 Å². The molecule has 2 N–H and O–H groups in total. The molecule has 7 nitrogen and oxygen atoms in total. The van der Waals surface area contributed by atoms with Crippen LogP contribution in [0.15, 0.2) is 54.6 Å². The SMILES string of the molecule is COc1ccccc1C(=O)NCC1(c2ccccc2)CCN(S(=O)(=O)NC2CC2)CC1. The Bertz CT molecular complexity index is 1010. The van der Waals surface area contributed by atoms with Crippen LogP contribution in [0.5, 0.6) is 5.75 Å². The molecule has 2 fully saturated rings. The van der Waals surface area contributed by atoms with E-state index in [1.807, 2.05) is 24.3 Å². The summed E-state index contributed by atoms with van der Waals surface area (Å²) in [5.74, 6) is 0.332. The van der Waals surface area contributed by atoms with Crippen molar-refractivity contribution in [2.45, 2.75) is 37.1 Å². The predicted octanol–water partition coefficient (Wildman–Crippen LogP) is 2.46. The van der Waals surface area contributed by atoms with Crippen LogP contribution in [0, 0.1) is 0 Å². The maximum Gasteiger partial charge on any atom is 0.279 e. The molecule has 2 aromatic carbocycles. The van der Waals surface area contributed by atoms with E-state index in [-0.39, 0.29) is 17.4 Å². The van der Waals surface area contributed by atoms with Crippen LogP contribution in [-0.2, 0) is 15.6 Å². The largest absolute Gasteiger partial charge is 0.496 e. The number of methoxy groups -OCH3 is 1. The van der Waals surface area contributed by atoms with Gasteiger partial charge in [0.25, 0.3) is 16.1 Å². The fourth-order valence-corrected chi connectivity index (χ4v) is 5.65. The van der Waals surface area contributed by atoms with E-state index >= 15 is 0 Å². The average molecular weight is 444 g/mol. The molecule has 0 unspecified atom stereocenters. The van der Waals surface area contributed by atoms with Gasteiger partial charge in [-0.25, -0.2) is 0 Å². The van der Waals surface area contributed by atoms with Crippen molar-refractivity contribution >= 4 is 16.1 Å². The fourth-order valence-electron chi connectivity index (χ4n) is 4.18. The molecule has 0 atom stereocenters. The molecular formula is C23H29N3O4S. The first-order valence-corrected chi connectivity index (χ1v) is 12.1. The smallest absolute Gasteiger partial charge is 0.279 e. The van der Waals surface area contributed by atoms with Gasteiger partial charge < -0.3 is 10.1 Å². The summed E-state index contributed by atoms with van der Waals surface area (Å²) in [6, 6.07) is 17.3. The summed E-state index contributed by atoms with van der Waals surface area (Å²) < 4.78 is 34.9. The second-order valence-corrected chi connectivity index (χ2v) is 10.0. The molecule has 2 aliphatic rings. The van der Waals surface area contributed by atoms with Crippen LogP contribution >= 0.6 is 0 Å². The molecule has 4 rings (SSSR count). The van der Waals surface area contributed by atoms with E-state index in [2.05, 4.69) is 22.2 Å². The number of carbonyl (C=O) groups is 1. The van der Waals surface area contributed by atoms with Crippen LogP contribution in [0.25, 0.3) is 0 Å². The van der Waals surface area contributed by atoms with E-state index in [1.165, 1.54) is 4.31 Å². The van der Waals surface area contributed by atoms with Crippen molar-refractivity contribution in [3.63, 3.8) is 0 Å². The van der Waals surface area contributed by atoms with Crippen molar-refractivity contribution in [2.24, 2.45) is 0 Å². The summed E-state index contributed by atoms with van der Waals surface area (Å²) >= 11 is 0. The quantitative estimate of drug-likeness (QED) is 0.656. The van der Waals surface area contributed by atoms with Gasteiger partial charge in [0.1, 0.15) is 5.75 Å². The topological polar surface area (TPSA) is 87.7 Å². The Labute approximate surface area is 184 Å². The lowest BCUT2D eigenvalue weighted by Gasteiger charge is -2.42. The van der Waals surface area contributed by atoms with Crippen molar-refractivity contribution in [1.82, 2.24) is 14.3 Å². The number of ether oxygens (including phenoxy) is 1. The van der Waals surface area contributed by atoms with Crippen molar-refractivity contribution in [1.29, 1.82) is 0 Å². The Morgan fingerprint density at radius 1 is 1.06 bits per heavy atom. The highest BCUT2D eigenvalue weighted by molar-refractivity contribution is 7.87. The zero-order chi connectivity index (χ0) is 21.9. The summed E-state index contributed by atoms with van der Waals surface area (Å²) in [5, 5.41) is 3.08. The summed E-state index contributed by atoms with van der Waals surface area (Å²) in [5.41, 5.74) is 1.27. The van der Waals surface area contributed by atoms with E-state index in [4.69, 9.17) is 4.74 Å². The third-order valence-electron chi connectivity index (χ3n) is 6.24. The Hall–Kier alpha value is -2.42. The number of para-hydroxylation sites is 1. The summed E-state index contributed by atoms with van der Waals surface area (Å²) in [6.07, 6.45) is 3.09. The first kappa shape index (κ1) is 21.8. The van der Waals surface area contributed by atoms with Crippen LogP contribution in [-0.4, -0.2) is 51.4 Å². The number of rotatable bonds is 8. The highest BCUT2D eigenvalue weighted by Crippen LogP contribution is 2.36. The highest BCUT2D eigenvalue weighted by Gasteiger charge is 2.41. The number of carbonyl (C=O) groups excluding carboxylic acids is 1. The maximum absolute atomic E-state index is 12.9. The zero-order valence-electron chi connectivity index (χ0n) is 17.7. The molecule has 8 heteroatoms. The van der Waals surface area contributed by atoms with E-state index in [0.717, 1.165) is 18.4 Å². The third-order valence-corrected chi connectivity index (χ3v) is 7.91. The Balaban J connectivity index is 1.50. The van der Waals surface area contributed by atoms with Crippen LogP contribution in [0.1, 0.15) is 41.6 Å². The third kappa shape index (κ3) is 4.92. The normalized spacial score (nSPS) is 19.0. The molecule has 1 aliphatic heterocycles. The zero-order valence-corrected chi connectivity index (χ0v) is 18.5. The number of nitrogens with zero attached hydrogens (tertiary/aromatic N) is 1. The lowest BCUT2D eigenvalue weighted by molar-refractivity contribution is 0.0929. The predicted molar refractivity (Wildman–Crippen MR) is 119 cm³/mol. The number of hydrogen-bond donors (Lipinski definition) is 2. The van der Waals surface area contributed by atoms with Crippen LogP contribution in [0.3, 0.4) is 0 Å². The number of piperidine rings is 1. The Kier molecular flexibility index (Phi) is 6.31. The fraction of sp³-hybridized carbons (Fsp3) is 0.435. The van der Waals surface area contributed by atoms with Gasteiger partial charge in [-0.3, -0.25) is 4.79 Å². The summed E-state index contributed by atoms with van der Waals surface area (Å²) in [4.78, 5) is 12.9. The lowest BCUT2D eigenvalue weighted by Crippen LogP contribution is -2.52. The van der Waals surface area contributed by atoms with Crippen LogP contribution in [0.2, 0.25) is 0 Å². The van der Waals surface area contributed by atoms with Gasteiger partial charge in [-0.1, -0.05) is 42.5 Å². The van der Waals surface area contributed by atoms with Crippen LogP contribution < -0.4 is 14.8 Å². The number of nitrogens with one attached hydrogen (secondary N) is 2. The first-order valence-electron chi connectivity index (χ1n) is 10.7. The minimum atomic E-state index is -3.46. The monoisotopic (exact) mass is 443 g/mol. The molecule has 31 heavy (non-hydrogen) atoms. The molecule has 0 bridgehead atoms. The molecule has 1 saturated heterocycles. The lowest BCUT2D eigenvalue weighted by atomic mass is 9.73. The molecule has 1 saturated carbocycles. The van der Waals surface area contributed by atoms with Gasteiger partial charge in [0.2, 0.25) is 0 Å². The summed E-state index contributed by atoms with van der Waals surface area (Å²) in [7, 11) is -1.91. The minimum Gasteiger partial charge on any atom is -0.496 e. The van der Waals surface area contributed by atoms with Gasteiger partial charge in [0.05, 0.1) is 12.7 Å². The van der Waals surface area contributed by atoms with Gasteiger partial charge in [-0.05, 0) is 43.4 Å². The second kappa shape index (κ2) is 8.98. The second-order valence-electron chi connectivity index (χ2n) is 8.33. The first-order chi connectivity index (χ1) is 14.9. The number of hydrogen-bond acceptors (Lipinski definition) is 4. The van der Waals surface area contributed by atoms with Gasteiger partial charge >= 0.3 is 0 Å². The van der Waals surface area contributed by atoms with Gasteiger partial charge in [0.15, 0.2) is 0 Å². The molecule has 166 valence electrons. The Morgan fingerprint density at radius 3 is 2.35 bits per heavy atom. The van der Waals surface area contributed by atoms with Crippen LogP contribution in [0.4, 0.5) is 0 Å². The standard InChI is InChI=1S/C23H29N3O4S/c1-30-21-10-6-5-9-20(21)22(27)24-17-23(18-7-3-2-4-8-18)13-15-26(16-14-23)31(28,29)25-19-11-12-19/h2-10,19,25H,11-17H2,1H3,(H,24,27). The van der Waals surface area contributed by atoms with Gasteiger partial charge in [0, 0.05) is 31.1 Å². The van der Waals surface area contributed by atoms with E-state index in [0.29, 0.717) is 43.8 Å². The molecule has 0 spiro atoms. The molecular weight excluding hydrogens is 414 g/mol. The minimum absolute atomic E-state index is 0.0888. The molecule has 1 aliphatic carbocycles. The van der Waals surface area contributed by atoms with E-state index in [1.54, 1.807) is 25.3 Å². The number of benzene rings is 2. The molecule has 0 aromatic heterocycles. The van der Waals surface area contributed by atoms with E-state index in [9.17, 15) is 13.2 Å². The van der Waals surface area contributed by atoms with Crippen molar-refractivity contribution < 1.29 is 17.9 Å². The Morgan fingerprint density at radius 2 is 1.71 bits per heavy atom. The summed E-state index contributed by atoms with van der Waals surface area (Å²) in [6.45, 7) is 1.26. The maximum atomic E-state index is 12.9. The van der Waals surface area contributed by atoms with Crippen molar-refractivity contribution in [3.8, 4) is 5.75 Å². The highest BCUT2D eigenvalue weighted by atomic mass is 32.2. The molecule has 1 amide bonds. The molecule has 2 aromatic rings. The van der Waals surface area contributed by atoms with Crippen molar-refractivity contribution in [2.75, 3.05) is 26.7 Å². The van der Waals surface area contributed by atoms with E-state index < -0.39 is 10.2 Å². The van der Waals surface area contributed by atoms with Gasteiger partial charge in [-0.2, -0.15) is 17.4 Å². The average Bonchev–Trinajstić information content (AvgIpc) is 3.61. The molecule has 0 radical (unpaired) electrons. The molecule has 1 heterocycles.